The van der Waals surface area contributed by atoms with Crippen molar-refractivity contribution in [2.24, 2.45) is 17.4 Å². The zero-order chi connectivity index (χ0) is 19.3. The summed E-state index contributed by atoms with van der Waals surface area (Å²) in [6.07, 6.45) is 6.91. The van der Waals surface area contributed by atoms with Crippen LogP contribution in [-0.2, 0) is 17.6 Å². The molecule has 2 aromatic carbocycles. The molecule has 2 rings (SSSR count). The van der Waals surface area contributed by atoms with Crippen molar-refractivity contribution in [2.75, 3.05) is 6.54 Å². The Bertz CT molecular complexity index is 598. The number of rotatable bonds is 13. The highest BCUT2D eigenvalue weighted by atomic mass is 16.1. The van der Waals surface area contributed by atoms with E-state index in [9.17, 15) is 4.79 Å². The highest BCUT2D eigenvalue weighted by molar-refractivity contribution is 5.81. The Kier molecular flexibility index (Phi) is 9.81. The van der Waals surface area contributed by atoms with Crippen LogP contribution in [0.1, 0.15) is 49.7 Å². The van der Waals surface area contributed by atoms with Crippen molar-refractivity contribution in [3.63, 3.8) is 0 Å². The Morgan fingerprint density at radius 3 is 1.78 bits per heavy atom. The van der Waals surface area contributed by atoms with Crippen LogP contribution in [0.5, 0.6) is 0 Å². The van der Waals surface area contributed by atoms with Gasteiger partial charge in [-0.05, 0) is 62.6 Å². The van der Waals surface area contributed by atoms with Gasteiger partial charge < -0.3 is 11.5 Å². The van der Waals surface area contributed by atoms with E-state index in [4.69, 9.17) is 11.5 Å². The molecule has 3 nitrogen and oxygen atoms in total. The molecule has 0 bridgehead atoms. The van der Waals surface area contributed by atoms with Crippen LogP contribution in [0, 0.1) is 5.92 Å². The van der Waals surface area contributed by atoms with E-state index in [0.717, 1.165) is 44.9 Å². The summed E-state index contributed by atoms with van der Waals surface area (Å²) in [7, 11) is 0. The third-order valence-corrected chi connectivity index (χ3v) is 5.24. The maximum absolute atomic E-state index is 12.9. The molecule has 3 heteroatoms. The van der Waals surface area contributed by atoms with Crippen molar-refractivity contribution in [3.8, 4) is 0 Å². The first-order valence-corrected chi connectivity index (χ1v) is 10.2. The molecule has 27 heavy (non-hydrogen) atoms. The second kappa shape index (κ2) is 12.4. The summed E-state index contributed by atoms with van der Waals surface area (Å²) in [6, 6.07) is 21.0. The number of benzene rings is 2. The molecule has 146 valence electrons. The molecule has 0 radical (unpaired) electrons. The number of carbonyl (C=O) groups is 1. The van der Waals surface area contributed by atoms with Gasteiger partial charge in [0, 0.05) is 18.4 Å². The highest BCUT2D eigenvalue weighted by Crippen LogP contribution is 2.20. The number of ketones is 1. The van der Waals surface area contributed by atoms with E-state index < -0.39 is 0 Å². The van der Waals surface area contributed by atoms with Gasteiger partial charge in [0.2, 0.25) is 0 Å². The summed E-state index contributed by atoms with van der Waals surface area (Å²) >= 11 is 0. The van der Waals surface area contributed by atoms with E-state index in [2.05, 4.69) is 48.5 Å². The van der Waals surface area contributed by atoms with Gasteiger partial charge in [0.25, 0.3) is 0 Å². The molecule has 0 fully saturated rings. The van der Waals surface area contributed by atoms with E-state index >= 15 is 0 Å². The first kappa shape index (κ1) is 21.3. The summed E-state index contributed by atoms with van der Waals surface area (Å²) < 4.78 is 0. The number of hydrogen-bond acceptors (Lipinski definition) is 3. The number of carbonyl (C=O) groups excluding carboxylic acids is 1. The predicted octanol–water partition coefficient (Wildman–Crippen LogP) is 4.28. The second-order valence-electron chi connectivity index (χ2n) is 7.44. The first-order chi connectivity index (χ1) is 13.2. The monoisotopic (exact) mass is 366 g/mol. The average Bonchev–Trinajstić information content (AvgIpc) is 2.72. The summed E-state index contributed by atoms with van der Waals surface area (Å²) in [6.45, 7) is 0.665. The standard InChI is InChI=1S/C24H34N2O/c25-19-7-12-23(26)17-18-24(27)22(15-13-20-8-3-1-4-9-20)16-14-21-10-5-2-6-11-21/h1-6,8-11,22-23H,7,12-19,25-26H2/t23-/m0/s1. The molecule has 0 saturated carbocycles. The summed E-state index contributed by atoms with van der Waals surface area (Å²) in [5, 5.41) is 0. The van der Waals surface area contributed by atoms with Gasteiger partial charge in [0.05, 0.1) is 0 Å². The molecule has 2 aromatic rings. The SMILES string of the molecule is NCCC[C@H](N)CCC(=O)C(CCc1ccccc1)CCc1ccccc1. The minimum atomic E-state index is 0.0846. The Hall–Kier alpha value is -1.97. The van der Waals surface area contributed by atoms with Gasteiger partial charge >= 0.3 is 0 Å². The van der Waals surface area contributed by atoms with Crippen LogP contribution in [0.3, 0.4) is 0 Å². The molecule has 0 aromatic heterocycles. The maximum Gasteiger partial charge on any atom is 0.136 e. The summed E-state index contributed by atoms with van der Waals surface area (Å²) in [5.41, 5.74) is 14.3. The lowest BCUT2D eigenvalue weighted by Crippen LogP contribution is -2.24. The number of Topliss-reactive ketones (excluding diaryl/α,β-unsaturated/α-hetero) is 1. The van der Waals surface area contributed by atoms with Crippen LogP contribution in [0.2, 0.25) is 0 Å². The molecular weight excluding hydrogens is 332 g/mol. The summed E-state index contributed by atoms with van der Waals surface area (Å²) in [5.74, 6) is 0.470. The topological polar surface area (TPSA) is 69.1 Å². The van der Waals surface area contributed by atoms with Gasteiger partial charge in [-0.25, -0.2) is 0 Å². The third kappa shape index (κ3) is 8.51. The number of hydrogen-bond donors (Lipinski definition) is 2. The Morgan fingerprint density at radius 2 is 1.30 bits per heavy atom. The smallest absolute Gasteiger partial charge is 0.136 e. The first-order valence-electron chi connectivity index (χ1n) is 10.2. The van der Waals surface area contributed by atoms with Crippen LogP contribution in [0.25, 0.3) is 0 Å². The van der Waals surface area contributed by atoms with Gasteiger partial charge in [0.1, 0.15) is 5.78 Å². The van der Waals surface area contributed by atoms with Crippen LogP contribution in [0.4, 0.5) is 0 Å². The van der Waals surface area contributed by atoms with Crippen LogP contribution in [0.15, 0.2) is 60.7 Å². The molecular formula is C24H34N2O. The normalized spacial score (nSPS) is 12.3. The average molecular weight is 367 g/mol. The lowest BCUT2D eigenvalue weighted by molar-refractivity contribution is -0.123. The Morgan fingerprint density at radius 1 is 0.778 bits per heavy atom. The fourth-order valence-electron chi connectivity index (χ4n) is 3.49. The van der Waals surface area contributed by atoms with E-state index in [1.54, 1.807) is 0 Å². The zero-order valence-electron chi connectivity index (χ0n) is 16.4. The molecule has 0 aliphatic carbocycles. The molecule has 0 spiro atoms. The molecule has 1 atom stereocenters. The minimum absolute atomic E-state index is 0.0846. The van der Waals surface area contributed by atoms with Crippen LogP contribution < -0.4 is 11.5 Å². The van der Waals surface area contributed by atoms with Crippen molar-refractivity contribution in [2.45, 2.75) is 57.4 Å². The van der Waals surface area contributed by atoms with Crippen molar-refractivity contribution in [1.82, 2.24) is 0 Å². The molecule has 0 aliphatic heterocycles. The maximum atomic E-state index is 12.9. The van der Waals surface area contributed by atoms with Gasteiger partial charge in [0.15, 0.2) is 0 Å². The Labute approximate surface area is 164 Å². The van der Waals surface area contributed by atoms with Gasteiger partial charge in [-0.1, -0.05) is 60.7 Å². The molecule has 0 saturated heterocycles. The second-order valence-corrected chi connectivity index (χ2v) is 7.44. The molecule has 0 aliphatic rings. The summed E-state index contributed by atoms with van der Waals surface area (Å²) in [4.78, 5) is 12.9. The van der Waals surface area contributed by atoms with Gasteiger partial charge in [-0.15, -0.1) is 0 Å². The highest BCUT2D eigenvalue weighted by Gasteiger charge is 2.19. The zero-order valence-corrected chi connectivity index (χ0v) is 16.4. The van der Waals surface area contributed by atoms with Crippen LogP contribution >= 0.6 is 0 Å². The number of aryl methyl sites for hydroxylation is 2. The van der Waals surface area contributed by atoms with Crippen molar-refractivity contribution in [3.05, 3.63) is 71.8 Å². The van der Waals surface area contributed by atoms with Crippen molar-refractivity contribution >= 4 is 5.78 Å². The fourth-order valence-corrected chi connectivity index (χ4v) is 3.49. The third-order valence-electron chi connectivity index (χ3n) is 5.24. The van der Waals surface area contributed by atoms with Crippen molar-refractivity contribution in [1.29, 1.82) is 0 Å². The largest absolute Gasteiger partial charge is 0.330 e. The van der Waals surface area contributed by atoms with E-state index in [-0.39, 0.29) is 12.0 Å². The molecule has 4 N–H and O–H groups in total. The van der Waals surface area contributed by atoms with Crippen LogP contribution in [-0.4, -0.2) is 18.4 Å². The van der Waals surface area contributed by atoms with E-state index in [1.807, 2.05) is 12.1 Å². The van der Waals surface area contributed by atoms with E-state index in [0.29, 0.717) is 18.7 Å². The predicted molar refractivity (Wildman–Crippen MR) is 114 cm³/mol. The van der Waals surface area contributed by atoms with E-state index in [1.165, 1.54) is 11.1 Å². The quantitative estimate of drug-likeness (QED) is 0.556. The lowest BCUT2D eigenvalue weighted by atomic mass is 9.87. The number of nitrogens with two attached hydrogens (primary N) is 2. The van der Waals surface area contributed by atoms with Gasteiger partial charge in [-0.2, -0.15) is 0 Å². The van der Waals surface area contributed by atoms with Crippen molar-refractivity contribution < 1.29 is 4.79 Å². The fraction of sp³-hybridized carbons (Fsp3) is 0.458. The molecule has 0 unspecified atom stereocenters. The molecule has 0 heterocycles. The van der Waals surface area contributed by atoms with Gasteiger partial charge in [-0.3, -0.25) is 4.79 Å². The Balaban J connectivity index is 1.89. The lowest BCUT2D eigenvalue weighted by Gasteiger charge is -2.18. The minimum Gasteiger partial charge on any atom is -0.330 e. The molecule has 0 amide bonds.